The maximum absolute atomic E-state index is 12.0. The Kier molecular flexibility index (Phi) is 5.49. The number of hydrogen-bond acceptors (Lipinski definition) is 4. The molecule has 0 saturated carbocycles. The van der Waals surface area contributed by atoms with Crippen LogP contribution in [0.1, 0.15) is 9.67 Å². The third kappa shape index (κ3) is 4.66. The predicted molar refractivity (Wildman–Crippen MR) is 86.9 cm³/mol. The number of benzene rings is 1. The standard InChI is InChI=1S/C14H13BrN2O3S/c1-20-8-13(18)16-9-2-4-10(5-3-9)17-14(19)11-6-7-12(15)21-11/h2-7H,8H2,1H3,(H,16,18)(H,17,19). The fourth-order valence-corrected chi connectivity index (χ4v) is 2.88. The van der Waals surface area contributed by atoms with Crippen molar-refractivity contribution < 1.29 is 14.3 Å². The molecule has 1 aromatic heterocycles. The molecule has 0 radical (unpaired) electrons. The summed E-state index contributed by atoms with van der Waals surface area (Å²) in [6.07, 6.45) is 0. The maximum Gasteiger partial charge on any atom is 0.265 e. The molecule has 1 heterocycles. The van der Waals surface area contributed by atoms with Crippen molar-refractivity contribution in [3.63, 3.8) is 0 Å². The van der Waals surface area contributed by atoms with Gasteiger partial charge >= 0.3 is 0 Å². The van der Waals surface area contributed by atoms with Crippen LogP contribution < -0.4 is 10.6 Å². The van der Waals surface area contributed by atoms with E-state index in [9.17, 15) is 9.59 Å². The molecule has 7 heteroatoms. The van der Waals surface area contributed by atoms with Gasteiger partial charge in [-0.3, -0.25) is 9.59 Å². The van der Waals surface area contributed by atoms with Gasteiger partial charge in [0.05, 0.1) is 8.66 Å². The summed E-state index contributed by atoms with van der Waals surface area (Å²) < 4.78 is 5.64. The van der Waals surface area contributed by atoms with Crippen LogP contribution in [0, 0.1) is 0 Å². The second kappa shape index (κ2) is 7.35. The fourth-order valence-electron chi connectivity index (χ4n) is 1.59. The molecule has 1 aromatic carbocycles. The zero-order valence-electron chi connectivity index (χ0n) is 11.2. The zero-order valence-corrected chi connectivity index (χ0v) is 13.6. The number of carbonyl (C=O) groups is 2. The number of rotatable bonds is 5. The van der Waals surface area contributed by atoms with Gasteiger partial charge in [-0.25, -0.2) is 0 Å². The van der Waals surface area contributed by atoms with E-state index >= 15 is 0 Å². The number of ether oxygens (including phenoxy) is 1. The van der Waals surface area contributed by atoms with E-state index < -0.39 is 0 Å². The Hall–Kier alpha value is -1.70. The highest BCUT2D eigenvalue weighted by Gasteiger charge is 2.09. The number of nitrogens with one attached hydrogen (secondary N) is 2. The molecule has 2 amide bonds. The normalized spacial score (nSPS) is 10.2. The number of carbonyl (C=O) groups excluding carboxylic acids is 2. The third-order valence-electron chi connectivity index (χ3n) is 2.50. The Balaban J connectivity index is 1.96. The van der Waals surface area contributed by atoms with Crippen molar-refractivity contribution in [2.75, 3.05) is 24.4 Å². The zero-order chi connectivity index (χ0) is 15.2. The van der Waals surface area contributed by atoms with Crippen LogP contribution in [0.4, 0.5) is 11.4 Å². The Morgan fingerprint density at radius 2 is 1.71 bits per heavy atom. The molecule has 0 atom stereocenters. The molecular formula is C14H13BrN2O3S. The van der Waals surface area contributed by atoms with Gasteiger partial charge in [0.1, 0.15) is 6.61 Å². The van der Waals surface area contributed by atoms with Crippen molar-refractivity contribution in [1.29, 1.82) is 0 Å². The molecule has 0 aliphatic carbocycles. The van der Waals surface area contributed by atoms with Crippen LogP contribution in [0.25, 0.3) is 0 Å². The molecule has 0 unspecified atom stereocenters. The van der Waals surface area contributed by atoms with E-state index in [0.29, 0.717) is 16.3 Å². The summed E-state index contributed by atoms with van der Waals surface area (Å²) in [4.78, 5) is 23.9. The number of halogens is 1. The van der Waals surface area contributed by atoms with Gasteiger partial charge in [-0.15, -0.1) is 11.3 Å². The Bertz CT molecular complexity index is 640. The number of hydrogen-bond donors (Lipinski definition) is 2. The molecule has 0 spiro atoms. The molecular weight excluding hydrogens is 356 g/mol. The molecule has 0 fully saturated rings. The summed E-state index contributed by atoms with van der Waals surface area (Å²) in [5.74, 6) is -0.389. The van der Waals surface area contributed by atoms with Crippen molar-refractivity contribution >= 4 is 50.5 Å². The first kappa shape index (κ1) is 15.7. The highest BCUT2D eigenvalue weighted by molar-refractivity contribution is 9.11. The molecule has 0 aliphatic rings. The maximum atomic E-state index is 12.0. The monoisotopic (exact) mass is 368 g/mol. The minimum Gasteiger partial charge on any atom is -0.375 e. The molecule has 21 heavy (non-hydrogen) atoms. The van der Waals surface area contributed by atoms with Crippen LogP contribution in [-0.2, 0) is 9.53 Å². The van der Waals surface area contributed by atoms with E-state index in [4.69, 9.17) is 4.74 Å². The second-order valence-electron chi connectivity index (χ2n) is 4.12. The van der Waals surface area contributed by atoms with E-state index in [1.54, 1.807) is 30.3 Å². The van der Waals surface area contributed by atoms with Crippen molar-refractivity contribution in [2.45, 2.75) is 0 Å². The van der Waals surface area contributed by atoms with Crippen molar-refractivity contribution in [3.8, 4) is 0 Å². The summed E-state index contributed by atoms with van der Waals surface area (Å²) in [5.41, 5.74) is 1.31. The lowest BCUT2D eigenvalue weighted by molar-refractivity contribution is -0.119. The summed E-state index contributed by atoms with van der Waals surface area (Å²) in [6.45, 7) is 0.00570. The van der Waals surface area contributed by atoms with E-state index in [1.807, 2.05) is 6.07 Å². The van der Waals surface area contributed by atoms with E-state index in [2.05, 4.69) is 26.6 Å². The Labute approximate surface area is 134 Å². The lowest BCUT2D eigenvalue weighted by atomic mass is 10.2. The SMILES string of the molecule is COCC(=O)Nc1ccc(NC(=O)c2ccc(Br)s2)cc1. The van der Waals surface area contributed by atoms with Gasteiger partial charge < -0.3 is 15.4 Å². The van der Waals surface area contributed by atoms with Gasteiger partial charge in [-0.05, 0) is 52.3 Å². The van der Waals surface area contributed by atoms with Gasteiger partial charge in [0.25, 0.3) is 5.91 Å². The quantitative estimate of drug-likeness (QED) is 0.850. The Morgan fingerprint density at radius 1 is 1.10 bits per heavy atom. The predicted octanol–water partition coefficient (Wildman–Crippen LogP) is 3.35. The highest BCUT2D eigenvalue weighted by atomic mass is 79.9. The largest absolute Gasteiger partial charge is 0.375 e. The van der Waals surface area contributed by atoms with Gasteiger partial charge in [0.15, 0.2) is 0 Å². The topological polar surface area (TPSA) is 67.4 Å². The van der Waals surface area contributed by atoms with E-state index in [-0.39, 0.29) is 18.4 Å². The average molecular weight is 369 g/mol. The van der Waals surface area contributed by atoms with Crippen LogP contribution in [0.3, 0.4) is 0 Å². The molecule has 0 aliphatic heterocycles. The fraction of sp³-hybridized carbons (Fsp3) is 0.143. The lowest BCUT2D eigenvalue weighted by Crippen LogP contribution is -2.17. The number of amides is 2. The van der Waals surface area contributed by atoms with Gasteiger partial charge in [0.2, 0.25) is 5.91 Å². The van der Waals surface area contributed by atoms with Gasteiger partial charge in [-0.2, -0.15) is 0 Å². The van der Waals surface area contributed by atoms with Gasteiger partial charge in [-0.1, -0.05) is 0 Å². The average Bonchev–Trinajstić information content (AvgIpc) is 2.88. The summed E-state index contributed by atoms with van der Waals surface area (Å²) in [7, 11) is 1.46. The first-order chi connectivity index (χ1) is 10.1. The molecule has 2 aromatic rings. The molecule has 0 bridgehead atoms. The van der Waals surface area contributed by atoms with E-state index in [1.165, 1.54) is 18.4 Å². The van der Waals surface area contributed by atoms with Crippen LogP contribution in [0.15, 0.2) is 40.2 Å². The van der Waals surface area contributed by atoms with Gasteiger partial charge in [0, 0.05) is 18.5 Å². The summed E-state index contributed by atoms with van der Waals surface area (Å²) in [6, 6.07) is 10.5. The first-order valence-electron chi connectivity index (χ1n) is 6.04. The lowest BCUT2D eigenvalue weighted by Gasteiger charge is -2.07. The molecule has 2 N–H and O–H groups in total. The number of thiophene rings is 1. The van der Waals surface area contributed by atoms with Crippen molar-refractivity contribution in [3.05, 3.63) is 45.1 Å². The summed E-state index contributed by atoms with van der Waals surface area (Å²) in [5, 5.41) is 5.47. The van der Waals surface area contributed by atoms with Crippen LogP contribution in [-0.4, -0.2) is 25.5 Å². The van der Waals surface area contributed by atoms with Crippen LogP contribution >= 0.6 is 27.3 Å². The Morgan fingerprint density at radius 3 is 2.24 bits per heavy atom. The summed E-state index contributed by atoms with van der Waals surface area (Å²) >= 11 is 4.68. The van der Waals surface area contributed by atoms with Crippen LogP contribution in [0.5, 0.6) is 0 Å². The van der Waals surface area contributed by atoms with Crippen molar-refractivity contribution in [2.24, 2.45) is 0 Å². The number of methoxy groups -OCH3 is 1. The van der Waals surface area contributed by atoms with E-state index in [0.717, 1.165) is 3.79 Å². The first-order valence-corrected chi connectivity index (χ1v) is 7.65. The number of anilines is 2. The molecule has 0 saturated heterocycles. The smallest absolute Gasteiger partial charge is 0.265 e. The minimum absolute atomic E-state index is 0.00570. The molecule has 2 rings (SSSR count). The molecule has 5 nitrogen and oxygen atoms in total. The van der Waals surface area contributed by atoms with Crippen LogP contribution in [0.2, 0.25) is 0 Å². The van der Waals surface area contributed by atoms with Crippen molar-refractivity contribution in [1.82, 2.24) is 0 Å². The molecule has 110 valence electrons. The third-order valence-corrected chi connectivity index (χ3v) is 4.12. The highest BCUT2D eigenvalue weighted by Crippen LogP contribution is 2.23. The minimum atomic E-state index is -0.224. The second-order valence-corrected chi connectivity index (χ2v) is 6.58.